The monoisotopic (exact) mass is 341 g/mol. The van der Waals surface area contributed by atoms with E-state index in [0.717, 1.165) is 23.5 Å². The molecule has 2 rings (SSSR count). The largest absolute Gasteiger partial charge is 0.872 e. The van der Waals surface area contributed by atoms with Crippen LogP contribution in [0.2, 0.25) is 0 Å². The Morgan fingerprint density at radius 3 is 2.56 bits per heavy atom. The highest BCUT2D eigenvalue weighted by Gasteiger charge is 2.08. The van der Waals surface area contributed by atoms with Crippen molar-refractivity contribution < 1.29 is 14.8 Å². The second kappa shape index (κ2) is 7.91. The van der Waals surface area contributed by atoms with E-state index in [2.05, 4.69) is 15.8 Å². The third-order valence-corrected chi connectivity index (χ3v) is 3.40. The van der Waals surface area contributed by atoms with Crippen molar-refractivity contribution in [2.75, 3.05) is 11.9 Å². The van der Waals surface area contributed by atoms with Crippen LogP contribution in [0, 0.1) is 24.0 Å². The Morgan fingerprint density at radius 1 is 1.24 bits per heavy atom. The molecule has 0 fully saturated rings. The number of nitrogens with one attached hydrogen (secondary N) is 2. The van der Waals surface area contributed by atoms with Crippen molar-refractivity contribution in [2.45, 2.75) is 13.8 Å². The maximum atomic E-state index is 11.9. The standard InChI is InChI=1S/C17H18N4O4/c1-11-3-5-14(6-4-11)18-10-16(22)20-19-9-13-8-15(21(24)25)7-12(2)17(13)23/h3-9,18,23H,10H2,1-2H3,(H,20,22)/p-1/b19-9-. The molecule has 0 saturated heterocycles. The van der Waals surface area contributed by atoms with Gasteiger partial charge >= 0.3 is 0 Å². The molecule has 0 saturated carbocycles. The van der Waals surface area contributed by atoms with Crippen molar-refractivity contribution in [3.05, 3.63) is 63.2 Å². The molecule has 0 unspecified atom stereocenters. The highest BCUT2D eigenvalue weighted by molar-refractivity contribution is 5.87. The first-order valence-electron chi connectivity index (χ1n) is 7.45. The van der Waals surface area contributed by atoms with Crippen molar-refractivity contribution in [1.82, 2.24) is 5.43 Å². The number of non-ortho nitro benzene ring substituents is 1. The van der Waals surface area contributed by atoms with E-state index in [9.17, 15) is 20.0 Å². The van der Waals surface area contributed by atoms with Crippen LogP contribution in [0.3, 0.4) is 0 Å². The van der Waals surface area contributed by atoms with Crippen LogP contribution < -0.4 is 15.8 Å². The van der Waals surface area contributed by atoms with Gasteiger partial charge in [-0.2, -0.15) is 5.10 Å². The summed E-state index contributed by atoms with van der Waals surface area (Å²) in [6, 6.07) is 9.85. The Kier molecular flexibility index (Phi) is 5.67. The number of nitro benzene ring substituents is 1. The molecular weight excluding hydrogens is 324 g/mol. The molecule has 1 amide bonds. The van der Waals surface area contributed by atoms with E-state index in [0.29, 0.717) is 0 Å². The average molecular weight is 341 g/mol. The lowest BCUT2D eigenvalue weighted by molar-refractivity contribution is -0.385. The van der Waals surface area contributed by atoms with Crippen LogP contribution in [-0.2, 0) is 4.79 Å². The lowest BCUT2D eigenvalue weighted by Crippen LogP contribution is -2.25. The number of amides is 1. The minimum atomic E-state index is -0.589. The van der Waals surface area contributed by atoms with Gasteiger partial charge in [-0.15, -0.1) is 0 Å². The minimum absolute atomic E-state index is 0.00139. The summed E-state index contributed by atoms with van der Waals surface area (Å²) < 4.78 is 0. The third kappa shape index (κ3) is 5.03. The molecule has 0 bridgehead atoms. The minimum Gasteiger partial charge on any atom is -0.872 e. The second-order valence-electron chi connectivity index (χ2n) is 5.45. The Hall–Kier alpha value is -3.42. The van der Waals surface area contributed by atoms with Crippen molar-refractivity contribution >= 4 is 23.5 Å². The fraction of sp³-hybridized carbons (Fsp3) is 0.176. The summed E-state index contributed by atoms with van der Waals surface area (Å²) >= 11 is 0. The van der Waals surface area contributed by atoms with E-state index in [4.69, 9.17) is 0 Å². The maximum absolute atomic E-state index is 11.9. The molecular formula is C17H17N4O4-. The van der Waals surface area contributed by atoms with E-state index in [1.54, 1.807) is 0 Å². The smallest absolute Gasteiger partial charge is 0.270 e. The van der Waals surface area contributed by atoms with E-state index >= 15 is 0 Å². The number of anilines is 1. The number of benzene rings is 2. The zero-order valence-corrected chi connectivity index (χ0v) is 13.8. The molecule has 2 N–H and O–H groups in total. The lowest BCUT2D eigenvalue weighted by Gasteiger charge is -2.13. The first-order chi connectivity index (χ1) is 11.9. The van der Waals surface area contributed by atoms with Gasteiger partial charge in [0.25, 0.3) is 11.6 Å². The second-order valence-corrected chi connectivity index (χ2v) is 5.45. The van der Waals surface area contributed by atoms with E-state index in [-0.39, 0.29) is 29.1 Å². The molecule has 0 aliphatic rings. The summed E-state index contributed by atoms with van der Waals surface area (Å²) in [5, 5.41) is 29.4. The van der Waals surface area contributed by atoms with Crippen LogP contribution in [0.25, 0.3) is 0 Å². The number of nitrogens with zero attached hydrogens (tertiary/aromatic N) is 2. The van der Waals surface area contributed by atoms with Crippen LogP contribution in [-0.4, -0.2) is 23.6 Å². The van der Waals surface area contributed by atoms with Gasteiger partial charge in [-0.25, -0.2) is 5.43 Å². The van der Waals surface area contributed by atoms with Crippen LogP contribution >= 0.6 is 0 Å². The topological polar surface area (TPSA) is 120 Å². The molecule has 0 spiro atoms. The molecule has 0 atom stereocenters. The molecule has 8 heteroatoms. The predicted octanol–water partition coefficient (Wildman–Crippen LogP) is 1.85. The SMILES string of the molecule is Cc1ccc(NCC(=O)N/N=C\c2cc([N+](=O)[O-])cc(C)c2[O-])cc1. The van der Waals surface area contributed by atoms with Crippen molar-refractivity contribution in [3.8, 4) is 5.75 Å². The van der Waals surface area contributed by atoms with Gasteiger partial charge in [0.2, 0.25) is 0 Å². The lowest BCUT2D eigenvalue weighted by atomic mass is 10.1. The fourth-order valence-electron chi connectivity index (χ4n) is 2.05. The summed E-state index contributed by atoms with van der Waals surface area (Å²) in [5.74, 6) is -0.784. The number of rotatable bonds is 6. The van der Waals surface area contributed by atoms with Gasteiger partial charge < -0.3 is 10.4 Å². The molecule has 0 radical (unpaired) electrons. The molecule has 130 valence electrons. The highest BCUT2D eigenvalue weighted by Crippen LogP contribution is 2.24. The predicted molar refractivity (Wildman–Crippen MR) is 92.7 cm³/mol. The third-order valence-electron chi connectivity index (χ3n) is 3.40. The molecule has 0 heterocycles. The number of carbonyl (C=O) groups excluding carboxylic acids is 1. The summed E-state index contributed by atoms with van der Waals surface area (Å²) in [5.41, 5.74) is 4.25. The molecule has 25 heavy (non-hydrogen) atoms. The first kappa shape index (κ1) is 17.9. The van der Waals surface area contributed by atoms with Crippen LogP contribution in [0.4, 0.5) is 11.4 Å². The number of nitro groups is 1. The van der Waals surface area contributed by atoms with E-state index < -0.39 is 10.8 Å². The number of aryl methyl sites for hydroxylation is 2. The first-order valence-corrected chi connectivity index (χ1v) is 7.45. The van der Waals surface area contributed by atoms with Crippen LogP contribution in [0.1, 0.15) is 16.7 Å². The summed E-state index contributed by atoms with van der Waals surface area (Å²) in [4.78, 5) is 22.0. The van der Waals surface area contributed by atoms with Crippen molar-refractivity contribution in [2.24, 2.45) is 5.10 Å². The van der Waals surface area contributed by atoms with Gasteiger partial charge in [0, 0.05) is 17.8 Å². The quantitative estimate of drug-likeness (QED) is 0.472. The molecule has 0 aliphatic carbocycles. The molecule has 2 aromatic carbocycles. The number of hydrazone groups is 1. The molecule has 2 aromatic rings. The van der Waals surface area contributed by atoms with E-state index in [1.165, 1.54) is 13.0 Å². The summed E-state index contributed by atoms with van der Waals surface area (Å²) in [6.07, 6.45) is 1.10. The van der Waals surface area contributed by atoms with Gasteiger partial charge in [-0.1, -0.05) is 29.0 Å². The normalized spacial score (nSPS) is 10.6. The zero-order chi connectivity index (χ0) is 18.4. The Bertz CT molecular complexity index is 816. The number of hydrogen-bond acceptors (Lipinski definition) is 6. The van der Waals surface area contributed by atoms with Gasteiger partial charge in [0.1, 0.15) is 0 Å². The van der Waals surface area contributed by atoms with Gasteiger partial charge in [-0.3, -0.25) is 14.9 Å². The van der Waals surface area contributed by atoms with Crippen LogP contribution in [0.5, 0.6) is 5.75 Å². The summed E-state index contributed by atoms with van der Waals surface area (Å²) in [6.45, 7) is 3.44. The molecule has 0 aliphatic heterocycles. The highest BCUT2D eigenvalue weighted by atomic mass is 16.6. The Balaban J connectivity index is 1.95. The molecule has 0 aromatic heterocycles. The van der Waals surface area contributed by atoms with E-state index in [1.807, 2.05) is 31.2 Å². The maximum Gasteiger partial charge on any atom is 0.270 e. The average Bonchev–Trinajstić information content (AvgIpc) is 2.57. The van der Waals surface area contributed by atoms with Crippen LogP contribution in [0.15, 0.2) is 41.5 Å². The fourth-order valence-corrected chi connectivity index (χ4v) is 2.05. The Labute approximate surface area is 144 Å². The van der Waals surface area contributed by atoms with Gasteiger partial charge in [-0.05, 0) is 31.5 Å². The van der Waals surface area contributed by atoms with Crippen molar-refractivity contribution in [1.29, 1.82) is 0 Å². The Morgan fingerprint density at radius 2 is 1.92 bits per heavy atom. The summed E-state index contributed by atoms with van der Waals surface area (Å²) in [7, 11) is 0. The zero-order valence-electron chi connectivity index (χ0n) is 13.8. The number of hydrogen-bond donors (Lipinski definition) is 2. The van der Waals surface area contributed by atoms with Gasteiger partial charge in [0.05, 0.1) is 17.7 Å². The number of carbonyl (C=O) groups is 1. The molecule has 8 nitrogen and oxygen atoms in total. The van der Waals surface area contributed by atoms with Crippen molar-refractivity contribution in [3.63, 3.8) is 0 Å². The van der Waals surface area contributed by atoms with Gasteiger partial charge in [0.15, 0.2) is 0 Å².